The van der Waals surface area contributed by atoms with Gasteiger partial charge in [0.1, 0.15) is 11.6 Å². The van der Waals surface area contributed by atoms with Gasteiger partial charge in [0.05, 0.1) is 5.69 Å². The highest BCUT2D eigenvalue weighted by molar-refractivity contribution is 5.49. The van der Waals surface area contributed by atoms with E-state index in [2.05, 4.69) is 42.6 Å². The third kappa shape index (κ3) is 3.36. The minimum absolute atomic E-state index is 0.889. The van der Waals surface area contributed by atoms with Crippen molar-refractivity contribution in [1.82, 2.24) is 19.9 Å². The van der Waals surface area contributed by atoms with Crippen LogP contribution >= 0.6 is 0 Å². The number of aryl methyl sites for hydroxylation is 2. The zero-order chi connectivity index (χ0) is 17.2. The van der Waals surface area contributed by atoms with E-state index in [0.29, 0.717) is 0 Å². The monoisotopic (exact) mass is 339 g/mol. The van der Waals surface area contributed by atoms with E-state index in [1.54, 1.807) is 12.4 Å². The van der Waals surface area contributed by atoms with Crippen molar-refractivity contribution in [2.75, 3.05) is 54.0 Å². The molecular formula is C18H25N7. The molecule has 25 heavy (non-hydrogen) atoms. The summed E-state index contributed by atoms with van der Waals surface area (Å²) in [5.41, 5.74) is 2.03. The maximum atomic E-state index is 4.85. The highest BCUT2D eigenvalue weighted by Gasteiger charge is 2.22. The summed E-state index contributed by atoms with van der Waals surface area (Å²) in [4.78, 5) is 25.3. The van der Waals surface area contributed by atoms with Gasteiger partial charge in [0.25, 0.3) is 0 Å². The van der Waals surface area contributed by atoms with E-state index in [4.69, 9.17) is 4.98 Å². The smallest absolute Gasteiger partial charge is 0.227 e. The zero-order valence-electron chi connectivity index (χ0n) is 15.0. The first-order valence-corrected chi connectivity index (χ1v) is 9.09. The lowest BCUT2D eigenvalue weighted by Gasteiger charge is -2.36. The van der Waals surface area contributed by atoms with Crippen molar-refractivity contribution in [3.63, 3.8) is 0 Å². The van der Waals surface area contributed by atoms with E-state index >= 15 is 0 Å². The molecular weight excluding hydrogens is 314 g/mol. The van der Waals surface area contributed by atoms with Gasteiger partial charge in [-0.3, -0.25) is 4.98 Å². The topological polar surface area (TPSA) is 61.3 Å². The van der Waals surface area contributed by atoms with Crippen molar-refractivity contribution in [2.45, 2.75) is 26.7 Å². The standard InChI is InChI=1S/C18H25N7/c1-14-13-16(22-18(21-14)25-7-3-4-8-25)23-9-11-24(12-10-23)17-15(2)19-5-6-20-17/h5-6,13H,3-4,7-12H2,1-2H3. The highest BCUT2D eigenvalue weighted by Crippen LogP contribution is 2.23. The lowest BCUT2D eigenvalue weighted by Crippen LogP contribution is -2.47. The summed E-state index contributed by atoms with van der Waals surface area (Å²) in [5.74, 6) is 2.93. The number of hydrogen-bond donors (Lipinski definition) is 0. The Hall–Kier alpha value is -2.44. The first-order chi connectivity index (χ1) is 12.2. The molecule has 4 heterocycles. The van der Waals surface area contributed by atoms with Crippen LogP contribution in [0.2, 0.25) is 0 Å². The van der Waals surface area contributed by atoms with Crippen LogP contribution in [0.4, 0.5) is 17.6 Å². The average Bonchev–Trinajstić information content (AvgIpc) is 3.17. The molecule has 0 saturated carbocycles. The van der Waals surface area contributed by atoms with E-state index in [0.717, 1.165) is 68.2 Å². The summed E-state index contributed by atoms with van der Waals surface area (Å²) in [7, 11) is 0. The average molecular weight is 339 g/mol. The van der Waals surface area contributed by atoms with Gasteiger partial charge < -0.3 is 14.7 Å². The predicted molar refractivity (Wildman–Crippen MR) is 99.4 cm³/mol. The molecule has 4 rings (SSSR count). The zero-order valence-corrected chi connectivity index (χ0v) is 15.0. The molecule has 0 bridgehead atoms. The quantitative estimate of drug-likeness (QED) is 0.845. The van der Waals surface area contributed by atoms with Gasteiger partial charge in [-0.25, -0.2) is 9.97 Å². The SMILES string of the molecule is Cc1cc(N2CCN(c3nccnc3C)CC2)nc(N2CCCC2)n1. The van der Waals surface area contributed by atoms with E-state index in [1.165, 1.54) is 12.8 Å². The van der Waals surface area contributed by atoms with E-state index in [-0.39, 0.29) is 0 Å². The molecule has 2 saturated heterocycles. The van der Waals surface area contributed by atoms with E-state index in [1.807, 2.05) is 6.92 Å². The highest BCUT2D eigenvalue weighted by atomic mass is 15.3. The molecule has 0 aromatic carbocycles. The van der Waals surface area contributed by atoms with Gasteiger partial charge in [-0.15, -0.1) is 0 Å². The fourth-order valence-electron chi connectivity index (χ4n) is 3.62. The van der Waals surface area contributed by atoms with Crippen LogP contribution in [0, 0.1) is 13.8 Å². The lowest BCUT2D eigenvalue weighted by atomic mass is 10.2. The first-order valence-electron chi connectivity index (χ1n) is 9.09. The van der Waals surface area contributed by atoms with Crippen molar-refractivity contribution >= 4 is 17.6 Å². The fraction of sp³-hybridized carbons (Fsp3) is 0.556. The number of aromatic nitrogens is 4. The van der Waals surface area contributed by atoms with Crippen molar-refractivity contribution in [1.29, 1.82) is 0 Å². The predicted octanol–water partition coefficient (Wildman–Crippen LogP) is 1.81. The van der Waals surface area contributed by atoms with Gasteiger partial charge >= 0.3 is 0 Å². The van der Waals surface area contributed by atoms with Crippen LogP contribution in [0.1, 0.15) is 24.2 Å². The van der Waals surface area contributed by atoms with Gasteiger partial charge in [0.15, 0.2) is 0 Å². The van der Waals surface area contributed by atoms with E-state index in [9.17, 15) is 0 Å². The molecule has 2 aromatic rings. The molecule has 2 aliphatic heterocycles. The Morgan fingerprint density at radius 2 is 1.44 bits per heavy atom. The van der Waals surface area contributed by atoms with Gasteiger partial charge in [-0.1, -0.05) is 0 Å². The Labute approximate surface area is 148 Å². The normalized spacial score (nSPS) is 18.1. The molecule has 0 N–H and O–H groups in total. The molecule has 7 nitrogen and oxygen atoms in total. The van der Waals surface area contributed by atoms with Crippen molar-refractivity contribution < 1.29 is 0 Å². The number of hydrogen-bond acceptors (Lipinski definition) is 7. The maximum absolute atomic E-state index is 4.85. The van der Waals surface area contributed by atoms with Crippen LogP contribution in [0.5, 0.6) is 0 Å². The van der Waals surface area contributed by atoms with Gasteiger partial charge in [-0.05, 0) is 26.7 Å². The summed E-state index contributed by atoms with van der Waals surface area (Å²) in [6.07, 6.45) is 6.00. The third-order valence-electron chi connectivity index (χ3n) is 4.98. The van der Waals surface area contributed by atoms with Gasteiger partial charge in [0, 0.05) is 63.4 Å². The largest absolute Gasteiger partial charge is 0.353 e. The number of rotatable bonds is 3. The van der Waals surface area contributed by atoms with Crippen LogP contribution in [-0.4, -0.2) is 59.2 Å². The molecule has 2 aliphatic rings. The Bertz CT molecular complexity index is 734. The molecule has 0 aliphatic carbocycles. The second-order valence-corrected chi connectivity index (χ2v) is 6.80. The van der Waals surface area contributed by atoms with E-state index < -0.39 is 0 Å². The molecule has 2 aromatic heterocycles. The molecule has 7 heteroatoms. The number of nitrogens with zero attached hydrogens (tertiary/aromatic N) is 7. The fourth-order valence-corrected chi connectivity index (χ4v) is 3.62. The minimum atomic E-state index is 0.889. The first kappa shape index (κ1) is 16.1. The molecule has 0 unspecified atom stereocenters. The summed E-state index contributed by atoms with van der Waals surface area (Å²) in [6.45, 7) is 9.96. The second-order valence-electron chi connectivity index (χ2n) is 6.80. The molecule has 0 radical (unpaired) electrons. The number of anilines is 3. The Morgan fingerprint density at radius 1 is 0.760 bits per heavy atom. The minimum Gasteiger partial charge on any atom is -0.353 e. The summed E-state index contributed by atoms with van der Waals surface area (Å²) >= 11 is 0. The van der Waals surface area contributed by atoms with Gasteiger partial charge in [0.2, 0.25) is 5.95 Å². The lowest BCUT2D eigenvalue weighted by molar-refractivity contribution is 0.637. The van der Waals surface area contributed by atoms with Crippen LogP contribution in [-0.2, 0) is 0 Å². The third-order valence-corrected chi connectivity index (χ3v) is 4.98. The van der Waals surface area contributed by atoms with Crippen LogP contribution in [0.25, 0.3) is 0 Å². The molecule has 0 atom stereocenters. The Balaban J connectivity index is 1.48. The van der Waals surface area contributed by atoms with Crippen molar-refractivity contribution in [3.8, 4) is 0 Å². The van der Waals surface area contributed by atoms with Crippen LogP contribution < -0.4 is 14.7 Å². The second kappa shape index (κ2) is 6.82. The molecule has 0 spiro atoms. The van der Waals surface area contributed by atoms with Gasteiger partial charge in [-0.2, -0.15) is 4.98 Å². The summed E-state index contributed by atoms with van der Waals surface area (Å²) < 4.78 is 0. The Kier molecular flexibility index (Phi) is 4.38. The van der Waals surface area contributed by atoms with Crippen LogP contribution in [0.3, 0.4) is 0 Å². The van der Waals surface area contributed by atoms with Crippen molar-refractivity contribution in [3.05, 3.63) is 29.8 Å². The number of piperazine rings is 1. The molecule has 132 valence electrons. The van der Waals surface area contributed by atoms with Crippen molar-refractivity contribution in [2.24, 2.45) is 0 Å². The van der Waals surface area contributed by atoms with Crippen LogP contribution in [0.15, 0.2) is 18.5 Å². The Morgan fingerprint density at radius 3 is 2.16 bits per heavy atom. The summed E-state index contributed by atoms with van der Waals surface area (Å²) in [6, 6.07) is 2.10. The summed E-state index contributed by atoms with van der Waals surface area (Å²) in [5, 5.41) is 0. The molecule has 2 fully saturated rings. The maximum Gasteiger partial charge on any atom is 0.227 e. The molecule has 0 amide bonds.